The molecule has 0 radical (unpaired) electrons. The van der Waals surface area contributed by atoms with Crippen LogP contribution in [0.25, 0.3) is 0 Å². The van der Waals surface area contributed by atoms with Gasteiger partial charge in [-0.25, -0.2) is 0 Å². The first-order chi connectivity index (χ1) is 11.7. The van der Waals surface area contributed by atoms with Crippen molar-refractivity contribution in [3.8, 4) is 5.75 Å². The molecule has 0 atom stereocenters. The van der Waals surface area contributed by atoms with Crippen LogP contribution in [0.5, 0.6) is 5.75 Å². The summed E-state index contributed by atoms with van der Waals surface area (Å²) >= 11 is 0. The molecule has 0 aliphatic heterocycles. The second-order valence-corrected chi connectivity index (χ2v) is 6.50. The highest BCUT2D eigenvalue weighted by Crippen LogP contribution is 2.41. The number of hydrogen-bond donors (Lipinski definition) is 1. The average molecular weight is 356 g/mol. The SMILES string of the molecule is CC(C)(C)c1cc([N+](=O)[O-])c(OCCCOCCCO)c([N+](=O)[O-])c1. The van der Waals surface area contributed by atoms with Gasteiger partial charge in [0.2, 0.25) is 0 Å². The normalized spacial score (nSPS) is 11.4. The van der Waals surface area contributed by atoms with E-state index < -0.39 is 26.6 Å². The van der Waals surface area contributed by atoms with Gasteiger partial charge in [0.15, 0.2) is 0 Å². The number of nitrogens with zero attached hydrogens (tertiary/aromatic N) is 2. The van der Waals surface area contributed by atoms with Crippen molar-refractivity contribution < 1.29 is 24.4 Å². The van der Waals surface area contributed by atoms with Gasteiger partial charge < -0.3 is 14.6 Å². The molecule has 0 amide bonds. The molecule has 1 aromatic rings. The van der Waals surface area contributed by atoms with E-state index in [0.29, 0.717) is 31.6 Å². The Morgan fingerprint density at radius 2 is 1.52 bits per heavy atom. The van der Waals surface area contributed by atoms with Gasteiger partial charge in [-0.3, -0.25) is 20.2 Å². The van der Waals surface area contributed by atoms with Crippen LogP contribution in [0, 0.1) is 20.2 Å². The Balaban J connectivity index is 2.96. The highest BCUT2D eigenvalue weighted by Gasteiger charge is 2.31. The molecule has 0 saturated carbocycles. The summed E-state index contributed by atoms with van der Waals surface area (Å²) in [6, 6.07) is 2.64. The Hall–Kier alpha value is -2.26. The fourth-order valence-electron chi connectivity index (χ4n) is 2.05. The van der Waals surface area contributed by atoms with Gasteiger partial charge in [-0.15, -0.1) is 0 Å². The molecule has 9 nitrogen and oxygen atoms in total. The van der Waals surface area contributed by atoms with Crippen LogP contribution in [0.3, 0.4) is 0 Å². The third kappa shape index (κ3) is 6.28. The molecule has 0 spiro atoms. The fraction of sp³-hybridized carbons (Fsp3) is 0.625. The zero-order chi connectivity index (χ0) is 19.0. The van der Waals surface area contributed by atoms with Crippen LogP contribution in [-0.4, -0.2) is 41.4 Å². The number of nitro groups is 2. The van der Waals surface area contributed by atoms with Gasteiger partial charge >= 0.3 is 11.4 Å². The molecule has 0 aromatic heterocycles. The van der Waals surface area contributed by atoms with E-state index in [1.165, 1.54) is 12.1 Å². The van der Waals surface area contributed by atoms with E-state index in [4.69, 9.17) is 14.6 Å². The van der Waals surface area contributed by atoms with Crippen LogP contribution in [0.1, 0.15) is 39.2 Å². The maximum Gasteiger partial charge on any atom is 0.318 e. The molecular formula is C16H24N2O7. The van der Waals surface area contributed by atoms with Crippen molar-refractivity contribution in [1.29, 1.82) is 0 Å². The summed E-state index contributed by atoms with van der Waals surface area (Å²) in [5.41, 5.74) is -0.819. The molecule has 140 valence electrons. The summed E-state index contributed by atoms with van der Waals surface area (Å²) in [6.45, 7) is 6.28. The molecule has 1 aromatic carbocycles. The van der Waals surface area contributed by atoms with Crippen LogP contribution in [0.15, 0.2) is 12.1 Å². The van der Waals surface area contributed by atoms with E-state index >= 15 is 0 Å². The lowest BCUT2D eigenvalue weighted by atomic mass is 9.86. The van der Waals surface area contributed by atoms with E-state index in [0.717, 1.165) is 0 Å². The third-order valence-electron chi connectivity index (χ3n) is 3.44. The lowest BCUT2D eigenvalue weighted by molar-refractivity contribution is -0.396. The van der Waals surface area contributed by atoms with Crippen molar-refractivity contribution in [3.63, 3.8) is 0 Å². The first-order valence-corrected chi connectivity index (χ1v) is 7.97. The lowest BCUT2D eigenvalue weighted by Gasteiger charge is -2.19. The van der Waals surface area contributed by atoms with Crippen LogP contribution in [0.4, 0.5) is 11.4 Å². The highest BCUT2D eigenvalue weighted by molar-refractivity contribution is 5.62. The van der Waals surface area contributed by atoms with E-state index in [1.54, 1.807) is 0 Å². The minimum Gasteiger partial charge on any atom is -0.482 e. The minimum atomic E-state index is -0.671. The molecule has 0 heterocycles. The number of rotatable bonds is 10. The largest absolute Gasteiger partial charge is 0.482 e. The summed E-state index contributed by atoms with van der Waals surface area (Å²) in [5.74, 6) is -0.335. The summed E-state index contributed by atoms with van der Waals surface area (Å²) in [6.07, 6.45) is 0.937. The predicted molar refractivity (Wildman–Crippen MR) is 91.1 cm³/mol. The van der Waals surface area contributed by atoms with Crippen LogP contribution < -0.4 is 4.74 Å². The third-order valence-corrected chi connectivity index (χ3v) is 3.44. The standard InChI is InChI=1S/C16H24N2O7/c1-16(2,3)12-10-13(17(20)21)15(14(11-12)18(22)23)25-9-5-8-24-7-4-6-19/h10-11,19H,4-9H2,1-3H3. The van der Waals surface area contributed by atoms with Crippen LogP contribution in [0.2, 0.25) is 0 Å². The topological polar surface area (TPSA) is 125 Å². The quantitative estimate of drug-likeness (QED) is 0.388. The Kier molecular flexibility index (Phi) is 7.72. The number of aliphatic hydroxyl groups excluding tert-OH is 1. The number of nitro benzene ring substituents is 2. The monoisotopic (exact) mass is 356 g/mol. The van der Waals surface area contributed by atoms with Crippen molar-refractivity contribution in [2.75, 3.05) is 26.4 Å². The molecule has 1 rings (SSSR count). The molecular weight excluding hydrogens is 332 g/mol. The number of benzene rings is 1. The summed E-state index contributed by atoms with van der Waals surface area (Å²) in [4.78, 5) is 21.3. The van der Waals surface area contributed by atoms with E-state index in [1.807, 2.05) is 20.8 Å². The maximum absolute atomic E-state index is 11.3. The molecule has 0 unspecified atom stereocenters. The van der Waals surface area contributed by atoms with Gasteiger partial charge in [-0.05, 0) is 17.4 Å². The highest BCUT2D eigenvalue weighted by atomic mass is 16.6. The Morgan fingerprint density at radius 3 is 1.96 bits per heavy atom. The van der Waals surface area contributed by atoms with Crippen molar-refractivity contribution in [3.05, 3.63) is 37.9 Å². The summed E-state index contributed by atoms with van der Waals surface area (Å²) in [5, 5.41) is 31.3. The van der Waals surface area contributed by atoms with Crippen LogP contribution >= 0.6 is 0 Å². The van der Waals surface area contributed by atoms with Gasteiger partial charge in [-0.2, -0.15) is 0 Å². The smallest absolute Gasteiger partial charge is 0.318 e. The number of ether oxygens (including phenoxy) is 2. The number of aliphatic hydroxyl groups is 1. The molecule has 0 aliphatic carbocycles. The molecule has 25 heavy (non-hydrogen) atoms. The fourth-order valence-corrected chi connectivity index (χ4v) is 2.05. The molecule has 1 N–H and O–H groups in total. The Morgan fingerprint density at radius 1 is 1.00 bits per heavy atom. The van der Waals surface area contributed by atoms with E-state index in [2.05, 4.69) is 0 Å². The van der Waals surface area contributed by atoms with Crippen molar-refractivity contribution in [2.45, 2.75) is 39.0 Å². The Bertz CT molecular complexity index is 576. The van der Waals surface area contributed by atoms with E-state index in [-0.39, 0.29) is 19.0 Å². The van der Waals surface area contributed by atoms with Crippen molar-refractivity contribution in [2.24, 2.45) is 0 Å². The van der Waals surface area contributed by atoms with Gasteiger partial charge in [0, 0.05) is 38.4 Å². The molecule has 0 aliphatic rings. The predicted octanol–water partition coefficient (Wildman–Crippen LogP) is 2.97. The summed E-state index contributed by atoms with van der Waals surface area (Å²) < 4.78 is 10.6. The zero-order valence-electron chi connectivity index (χ0n) is 14.7. The Labute approximate surface area is 145 Å². The van der Waals surface area contributed by atoms with Gasteiger partial charge in [0.25, 0.3) is 5.75 Å². The summed E-state index contributed by atoms with van der Waals surface area (Å²) in [7, 11) is 0. The first-order valence-electron chi connectivity index (χ1n) is 7.97. The van der Waals surface area contributed by atoms with Gasteiger partial charge in [0.1, 0.15) is 0 Å². The van der Waals surface area contributed by atoms with Gasteiger partial charge in [0.05, 0.1) is 16.5 Å². The van der Waals surface area contributed by atoms with Crippen LogP contribution in [-0.2, 0) is 10.2 Å². The van der Waals surface area contributed by atoms with E-state index in [9.17, 15) is 20.2 Å². The first kappa shape index (κ1) is 20.8. The number of hydrogen-bond acceptors (Lipinski definition) is 7. The van der Waals surface area contributed by atoms with Crippen molar-refractivity contribution in [1.82, 2.24) is 0 Å². The molecule has 0 bridgehead atoms. The second-order valence-electron chi connectivity index (χ2n) is 6.50. The average Bonchev–Trinajstić information content (AvgIpc) is 2.52. The maximum atomic E-state index is 11.3. The second kappa shape index (κ2) is 9.28. The molecule has 0 fully saturated rings. The zero-order valence-corrected chi connectivity index (χ0v) is 14.7. The minimum absolute atomic E-state index is 0.0367. The van der Waals surface area contributed by atoms with Crippen molar-refractivity contribution >= 4 is 11.4 Å². The lowest BCUT2D eigenvalue weighted by Crippen LogP contribution is -2.13. The molecule has 9 heteroatoms. The van der Waals surface area contributed by atoms with Gasteiger partial charge in [-0.1, -0.05) is 20.8 Å². The molecule has 0 saturated heterocycles.